The molecule has 0 bridgehead atoms. The topological polar surface area (TPSA) is 72.3 Å². The van der Waals surface area contributed by atoms with E-state index in [2.05, 4.69) is 26.0 Å². The normalized spacial score (nSPS) is 15.9. The van der Waals surface area contributed by atoms with Gasteiger partial charge in [0.1, 0.15) is 12.1 Å². The Labute approximate surface area is 106 Å². The van der Waals surface area contributed by atoms with Gasteiger partial charge in [0.15, 0.2) is 0 Å². The van der Waals surface area contributed by atoms with Crippen LogP contribution in [0.5, 0.6) is 0 Å². The number of rotatable bonds is 4. The van der Waals surface area contributed by atoms with E-state index in [0.717, 1.165) is 18.1 Å². The van der Waals surface area contributed by atoms with Crippen LogP contribution in [-0.4, -0.2) is 38.7 Å². The maximum atomic E-state index is 5.74. The van der Waals surface area contributed by atoms with Crippen molar-refractivity contribution in [2.75, 3.05) is 18.0 Å². The molecule has 18 heavy (non-hydrogen) atoms. The minimum absolute atomic E-state index is 0.586. The molecule has 1 fully saturated rings. The fourth-order valence-electron chi connectivity index (χ4n) is 2.44. The van der Waals surface area contributed by atoms with Gasteiger partial charge in [-0.2, -0.15) is 14.6 Å². The van der Waals surface area contributed by atoms with Crippen molar-refractivity contribution in [3.05, 3.63) is 18.1 Å². The summed E-state index contributed by atoms with van der Waals surface area (Å²) in [6, 6.07) is 2.65. The second kappa shape index (κ2) is 4.53. The molecular formula is C12H18N6. The predicted molar refractivity (Wildman–Crippen MR) is 69.6 cm³/mol. The Morgan fingerprint density at radius 3 is 3.00 bits per heavy atom. The number of nitrogens with zero attached hydrogens (tertiary/aromatic N) is 5. The smallest absolute Gasteiger partial charge is 0.254 e. The number of hydrogen-bond acceptors (Lipinski definition) is 5. The third-order valence-corrected chi connectivity index (χ3v) is 3.54. The maximum absolute atomic E-state index is 5.74. The summed E-state index contributed by atoms with van der Waals surface area (Å²) in [5.41, 5.74) is 6.70. The molecule has 96 valence electrons. The number of anilines is 1. The molecule has 0 aromatic carbocycles. The third kappa shape index (κ3) is 1.82. The van der Waals surface area contributed by atoms with Gasteiger partial charge in [-0.05, 0) is 26.2 Å². The highest BCUT2D eigenvalue weighted by atomic mass is 15.4. The van der Waals surface area contributed by atoms with Gasteiger partial charge in [0.05, 0.1) is 0 Å². The van der Waals surface area contributed by atoms with Crippen LogP contribution in [0.4, 0.5) is 5.82 Å². The Morgan fingerprint density at radius 1 is 1.50 bits per heavy atom. The highest BCUT2D eigenvalue weighted by Gasteiger charge is 2.26. The lowest BCUT2D eigenvalue weighted by molar-refractivity contribution is 0.384. The van der Waals surface area contributed by atoms with E-state index in [1.54, 1.807) is 10.8 Å². The molecule has 0 saturated heterocycles. The molecule has 1 aliphatic rings. The molecule has 0 amide bonds. The number of aryl methyl sites for hydroxylation is 1. The zero-order valence-corrected chi connectivity index (χ0v) is 10.6. The van der Waals surface area contributed by atoms with Crippen LogP contribution < -0.4 is 10.6 Å². The lowest BCUT2D eigenvalue weighted by atomic mass is 9.91. The van der Waals surface area contributed by atoms with Crippen molar-refractivity contribution in [1.29, 1.82) is 0 Å². The summed E-state index contributed by atoms with van der Waals surface area (Å²) in [4.78, 5) is 10.9. The molecule has 3 rings (SSSR count). The molecule has 6 nitrogen and oxygen atoms in total. The van der Waals surface area contributed by atoms with E-state index in [1.807, 2.05) is 6.92 Å². The van der Waals surface area contributed by atoms with Crippen LogP contribution in [0.3, 0.4) is 0 Å². The first-order chi connectivity index (χ1) is 8.79. The van der Waals surface area contributed by atoms with E-state index in [9.17, 15) is 0 Å². The van der Waals surface area contributed by atoms with Crippen LogP contribution in [0, 0.1) is 6.92 Å². The first-order valence-corrected chi connectivity index (χ1v) is 6.43. The molecule has 6 heteroatoms. The van der Waals surface area contributed by atoms with Crippen molar-refractivity contribution >= 4 is 11.6 Å². The van der Waals surface area contributed by atoms with Crippen LogP contribution in [0.2, 0.25) is 0 Å². The highest BCUT2D eigenvalue weighted by Crippen LogP contribution is 2.29. The Balaban J connectivity index is 2.06. The molecule has 0 aliphatic heterocycles. The molecular weight excluding hydrogens is 228 g/mol. The first kappa shape index (κ1) is 11.4. The summed E-state index contributed by atoms with van der Waals surface area (Å²) in [5.74, 6) is 1.72. The fraction of sp³-hybridized carbons (Fsp3) is 0.583. The summed E-state index contributed by atoms with van der Waals surface area (Å²) in [6.45, 7) is 3.48. The van der Waals surface area contributed by atoms with Gasteiger partial charge in [-0.3, -0.25) is 0 Å². The minimum Gasteiger partial charge on any atom is -0.352 e. The van der Waals surface area contributed by atoms with Crippen molar-refractivity contribution in [3.8, 4) is 0 Å². The molecule has 0 spiro atoms. The van der Waals surface area contributed by atoms with Gasteiger partial charge >= 0.3 is 0 Å². The quantitative estimate of drug-likeness (QED) is 0.862. The Kier molecular flexibility index (Phi) is 2.87. The van der Waals surface area contributed by atoms with Crippen molar-refractivity contribution in [2.24, 2.45) is 5.73 Å². The van der Waals surface area contributed by atoms with Crippen molar-refractivity contribution in [2.45, 2.75) is 32.2 Å². The molecule has 1 aliphatic carbocycles. The van der Waals surface area contributed by atoms with E-state index in [1.165, 1.54) is 19.3 Å². The van der Waals surface area contributed by atoms with Crippen molar-refractivity contribution in [1.82, 2.24) is 19.6 Å². The van der Waals surface area contributed by atoms with Gasteiger partial charge in [-0.25, -0.2) is 4.98 Å². The van der Waals surface area contributed by atoms with Crippen LogP contribution >= 0.6 is 0 Å². The van der Waals surface area contributed by atoms with Gasteiger partial charge in [-0.1, -0.05) is 0 Å². The number of aromatic nitrogens is 4. The highest BCUT2D eigenvalue weighted by molar-refractivity contribution is 5.48. The Hall–Kier alpha value is -1.69. The predicted octanol–water partition coefficient (Wildman–Crippen LogP) is 0.750. The molecule has 0 atom stereocenters. The summed E-state index contributed by atoms with van der Waals surface area (Å²) < 4.78 is 1.81. The van der Waals surface area contributed by atoms with E-state index >= 15 is 0 Å². The first-order valence-electron chi connectivity index (χ1n) is 6.43. The molecule has 2 aromatic heterocycles. The van der Waals surface area contributed by atoms with Crippen molar-refractivity contribution in [3.63, 3.8) is 0 Å². The largest absolute Gasteiger partial charge is 0.352 e. The fourth-order valence-corrected chi connectivity index (χ4v) is 2.44. The third-order valence-electron chi connectivity index (χ3n) is 3.54. The monoisotopic (exact) mass is 246 g/mol. The molecule has 0 radical (unpaired) electrons. The SMILES string of the molecule is Cc1cc(N(CCN)C2CCC2)n2ncnc2n1. The van der Waals surface area contributed by atoms with Gasteiger partial charge in [0.2, 0.25) is 0 Å². The molecule has 2 heterocycles. The maximum Gasteiger partial charge on any atom is 0.254 e. The van der Waals surface area contributed by atoms with Crippen LogP contribution in [0.25, 0.3) is 5.78 Å². The van der Waals surface area contributed by atoms with E-state index in [4.69, 9.17) is 5.73 Å². The standard InChI is InChI=1S/C12H18N6/c1-9-7-11(18-12(16-9)14-8-15-18)17(6-5-13)10-3-2-4-10/h7-8,10H,2-6,13H2,1H3. The van der Waals surface area contributed by atoms with Gasteiger partial charge in [0.25, 0.3) is 5.78 Å². The molecule has 2 N–H and O–H groups in total. The molecule has 1 saturated carbocycles. The van der Waals surface area contributed by atoms with Gasteiger partial charge < -0.3 is 10.6 Å². The number of nitrogens with two attached hydrogens (primary N) is 1. The summed E-state index contributed by atoms with van der Waals surface area (Å²) >= 11 is 0. The second-order valence-electron chi connectivity index (χ2n) is 4.79. The molecule has 2 aromatic rings. The van der Waals surface area contributed by atoms with Crippen molar-refractivity contribution < 1.29 is 0 Å². The van der Waals surface area contributed by atoms with E-state index in [0.29, 0.717) is 18.4 Å². The Bertz CT molecular complexity index is 544. The average Bonchev–Trinajstić information content (AvgIpc) is 2.72. The lowest BCUT2D eigenvalue weighted by Crippen LogP contribution is -2.44. The van der Waals surface area contributed by atoms with E-state index < -0.39 is 0 Å². The lowest BCUT2D eigenvalue weighted by Gasteiger charge is -2.38. The van der Waals surface area contributed by atoms with Crippen LogP contribution in [0.1, 0.15) is 25.0 Å². The zero-order valence-electron chi connectivity index (χ0n) is 10.6. The molecule has 0 unspecified atom stereocenters. The second-order valence-corrected chi connectivity index (χ2v) is 4.79. The zero-order chi connectivity index (χ0) is 12.5. The minimum atomic E-state index is 0.586. The van der Waals surface area contributed by atoms with Crippen LogP contribution in [0.15, 0.2) is 12.4 Å². The van der Waals surface area contributed by atoms with Gasteiger partial charge in [-0.15, -0.1) is 0 Å². The van der Waals surface area contributed by atoms with E-state index in [-0.39, 0.29) is 0 Å². The Morgan fingerprint density at radius 2 is 2.33 bits per heavy atom. The van der Waals surface area contributed by atoms with Gasteiger partial charge in [0, 0.05) is 30.9 Å². The summed E-state index contributed by atoms with van der Waals surface area (Å²) in [7, 11) is 0. The summed E-state index contributed by atoms with van der Waals surface area (Å²) in [6.07, 6.45) is 5.32. The van der Waals surface area contributed by atoms with Crippen LogP contribution in [-0.2, 0) is 0 Å². The average molecular weight is 246 g/mol. The number of fused-ring (bicyclic) bond motifs is 1. The summed E-state index contributed by atoms with van der Waals surface area (Å²) in [5, 5.41) is 4.26. The number of hydrogen-bond donors (Lipinski definition) is 1.